The molecule has 2 N–H and O–H groups in total. The molecule has 2 aromatic carbocycles. The summed E-state index contributed by atoms with van der Waals surface area (Å²) < 4.78 is 3.41. The van der Waals surface area contributed by atoms with E-state index in [9.17, 15) is 4.79 Å². The molecule has 6 nitrogen and oxygen atoms in total. The lowest BCUT2D eigenvalue weighted by Gasteiger charge is -2.06. The van der Waals surface area contributed by atoms with Crippen LogP contribution in [0.3, 0.4) is 0 Å². The molecule has 1 heterocycles. The lowest BCUT2D eigenvalue weighted by atomic mass is 10.2. The van der Waals surface area contributed by atoms with E-state index in [0.29, 0.717) is 31.4 Å². The molecule has 0 aliphatic rings. The fourth-order valence-electron chi connectivity index (χ4n) is 2.56. The fourth-order valence-corrected chi connectivity index (χ4v) is 3.09. The molecule has 0 saturated heterocycles. The highest BCUT2D eigenvalue weighted by molar-refractivity contribution is 9.10. The van der Waals surface area contributed by atoms with E-state index < -0.39 is 0 Å². The van der Waals surface area contributed by atoms with Gasteiger partial charge in [-0.15, -0.1) is 5.10 Å². The minimum absolute atomic E-state index is 0.0787. The first-order valence-electron chi connectivity index (χ1n) is 9.02. The van der Waals surface area contributed by atoms with Crippen LogP contribution in [0, 0.1) is 0 Å². The number of hydrogen-bond donors (Lipinski definition) is 2. The van der Waals surface area contributed by atoms with Crippen LogP contribution in [-0.2, 0) is 13.1 Å². The van der Waals surface area contributed by atoms with E-state index in [2.05, 4.69) is 52.6 Å². The summed E-state index contributed by atoms with van der Waals surface area (Å²) >= 11 is 6.86. The molecule has 0 bridgehead atoms. The summed E-state index contributed by atoms with van der Waals surface area (Å²) in [6, 6.07) is 16.0. The van der Waals surface area contributed by atoms with Crippen LogP contribution < -0.4 is 10.6 Å². The minimum atomic E-state index is -0.0787. The van der Waals surface area contributed by atoms with E-state index in [1.807, 2.05) is 55.5 Å². The van der Waals surface area contributed by atoms with Gasteiger partial charge in [0.25, 0.3) is 0 Å². The van der Waals surface area contributed by atoms with Gasteiger partial charge in [-0.05, 0) is 41.8 Å². The first-order valence-corrected chi connectivity index (χ1v) is 10.6. The molecule has 3 aromatic rings. The third kappa shape index (κ3) is 5.65. The molecule has 146 valence electrons. The summed E-state index contributed by atoms with van der Waals surface area (Å²) in [7, 11) is 0. The number of carbonyl (C=O) groups excluding carboxylic acids is 1. The second-order valence-corrected chi connectivity index (χ2v) is 8.11. The van der Waals surface area contributed by atoms with Crippen molar-refractivity contribution in [1.82, 2.24) is 14.8 Å². The van der Waals surface area contributed by atoms with E-state index in [4.69, 9.17) is 0 Å². The zero-order chi connectivity index (χ0) is 19.9. The molecule has 0 fully saturated rings. The Morgan fingerprint density at radius 2 is 1.46 bits per heavy atom. The van der Waals surface area contributed by atoms with Crippen molar-refractivity contribution >= 4 is 49.7 Å². The number of nitrogens with zero attached hydrogens (tertiary/aromatic N) is 3. The van der Waals surface area contributed by atoms with E-state index in [1.165, 1.54) is 4.68 Å². The summed E-state index contributed by atoms with van der Waals surface area (Å²) in [6.45, 7) is 3.10. The number of benzene rings is 2. The summed E-state index contributed by atoms with van der Waals surface area (Å²) in [5.74, 6) is 0.787. The monoisotopic (exact) mass is 505 g/mol. The standard InChI is InChI=1S/C20H21Br2N5O/c1-2-3-18(28)27-20(24-13-15-6-10-17(22)11-7-15)25-19(26-27)23-12-14-4-8-16(21)9-5-14/h4-11H,2-3,12-13H2,1H3,(H2,23,24,25,26). The van der Waals surface area contributed by atoms with Gasteiger partial charge in [-0.3, -0.25) is 4.79 Å². The highest BCUT2D eigenvalue weighted by atomic mass is 79.9. The predicted octanol–water partition coefficient (Wildman–Crippen LogP) is 5.47. The molecule has 0 amide bonds. The van der Waals surface area contributed by atoms with Crippen LogP contribution in [0.25, 0.3) is 0 Å². The lowest BCUT2D eigenvalue weighted by molar-refractivity contribution is 0.0888. The van der Waals surface area contributed by atoms with E-state index in [1.54, 1.807) is 0 Å². The second-order valence-electron chi connectivity index (χ2n) is 6.27. The van der Waals surface area contributed by atoms with Crippen LogP contribution in [-0.4, -0.2) is 20.7 Å². The van der Waals surface area contributed by atoms with Gasteiger partial charge in [0.2, 0.25) is 17.8 Å². The third-order valence-corrected chi connectivity index (χ3v) is 5.09. The van der Waals surface area contributed by atoms with Crippen molar-refractivity contribution in [1.29, 1.82) is 0 Å². The number of rotatable bonds is 8. The molecule has 0 spiro atoms. The van der Waals surface area contributed by atoms with Crippen molar-refractivity contribution in [3.8, 4) is 0 Å². The number of carbonyl (C=O) groups is 1. The van der Waals surface area contributed by atoms with E-state index >= 15 is 0 Å². The Morgan fingerprint density at radius 3 is 2.00 bits per heavy atom. The van der Waals surface area contributed by atoms with Gasteiger partial charge in [0.05, 0.1) is 0 Å². The van der Waals surface area contributed by atoms with Crippen LogP contribution in [0.15, 0.2) is 57.5 Å². The average molecular weight is 507 g/mol. The maximum atomic E-state index is 12.4. The largest absolute Gasteiger partial charge is 0.350 e. The highest BCUT2D eigenvalue weighted by Gasteiger charge is 2.15. The molecule has 0 saturated carbocycles. The van der Waals surface area contributed by atoms with Crippen LogP contribution >= 0.6 is 31.9 Å². The maximum Gasteiger partial charge on any atom is 0.250 e. The Labute approximate surface area is 181 Å². The molecule has 0 radical (unpaired) electrons. The quantitative estimate of drug-likeness (QED) is 0.424. The van der Waals surface area contributed by atoms with Crippen molar-refractivity contribution in [2.75, 3.05) is 10.6 Å². The van der Waals surface area contributed by atoms with Gasteiger partial charge in [-0.2, -0.15) is 9.67 Å². The number of anilines is 2. The number of nitrogens with one attached hydrogen (secondary N) is 2. The van der Waals surface area contributed by atoms with Crippen molar-refractivity contribution < 1.29 is 4.79 Å². The number of aromatic nitrogens is 3. The molecule has 3 rings (SSSR count). The Bertz CT molecular complexity index is 923. The summed E-state index contributed by atoms with van der Waals surface area (Å²) in [6.07, 6.45) is 1.18. The van der Waals surface area contributed by atoms with Gasteiger partial charge in [0, 0.05) is 28.5 Å². The first kappa shape index (κ1) is 20.5. The average Bonchev–Trinajstić information content (AvgIpc) is 3.11. The van der Waals surface area contributed by atoms with E-state index in [-0.39, 0.29) is 5.91 Å². The molecule has 8 heteroatoms. The molecular formula is C20H21Br2N5O. The topological polar surface area (TPSA) is 71.8 Å². The lowest BCUT2D eigenvalue weighted by Crippen LogP contribution is -2.16. The summed E-state index contributed by atoms with van der Waals surface area (Å²) in [5.41, 5.74) is 2.19. The minimum Gasteiger partial charge on any atom is -0.350 e. The van der Waals surface area contributed by atoms with Crippen molar-refractivity contribution in [2.24, 2.45) is 0 Å². The fraction of sp³-hybridized carbons (Fsp3) is 0.250. The maximum absolute atomic E-state index is 12.4. The van der Waals surface area contributed by atoms with E-state index in [0.717, 1.165) is 26.5 Å². The van der Waals surface area contributed by atoms with Crippen molar-refractivity contribution in [3.05, 3.63) is 68.6 Å². The highest BCUT2D eigenvalue weighted by Crippen LogP contribution is 2.16. The van der Waals surface area contributed by atoms with Crippen LogP contribution in [0.5, 0.6) is 0 Å². The molecule has 0 aliphatic heterocycles. The number of hydrogen-bond acceptors (Lipinski definition) is 5. The zero-order valence-electron chi connectivity index (χ0n) is 15.5. The number of halogens is 2. The molecule has 1 aromatic heterocycles. The van der Waals surface area contributed by atoms with Gasteiger partial charge in [-0.25, -0.2) is 0 Å². The van der Waals surface area contributed by atoms with Crippen molar-refractivity contribution in [3.63, 3.8) is 0 Å². The molecule has 28 heavy (non-hydrogen) atoms. The van der Waals surface area contributed by atoms with Gasteiger partial charge < -0.3 is 10.6 Å². The van der Waals surface area contributed by atoms with Gasteiger partial charge in [0.1, 0.15) is 0 Å². The van der Waals surface area contributed by atoms with Crippen molar-refractivity contribution in [2.45, 2.75) is 32.9 Å². The van der Waals surface area contributed by atoms with Crippen LogP contribution in [0.2, 0.25) is 0 Å². The van der Waals surface area contributed by atoms with Crippen LogP contribution in [0.1, 0.15) is 35.7 Å². The summed E-state index contributed by atoms with van der Waals surface area (Å²) in [5, 5.41) is 10.8. The second kappa shape index (κ2) is 9.84. The Hall–Kier alpha value is -2.19. The molecule has 0 atom stereocenters. The SMILES string of the molecule is CCCC(=O)n1nc(NCc2ccc(Br)cc2)nc1NCc1ccc(Br)cc1. The molecule has 0 aliphatic carbocycles. The Morgan fingerprint density at radius 1 is 0.929 bits per heavy atom. The Kier molecular flexibility index (Phi) is 7.22. The van der Waals surface area contributed by atoms with Crippen LogP contribution in [0.4, 0.5) is 11.9 Å². The van der Waals surface area contributed by atoms with Gasteiger partial charge in [-0.1, -0.05) is 63.0 Å². The molecular weight excluding hydrogens is 486 g/mol. The molecule has 0 unspecified atom stereocenters. The van der Waals surface area contributed by atoms with Gasteiger partial charge in [0.15, 0.2) is 0 Å². The third-order valence-electron chi connectivity index (χ3n) is 4.04. The Balaban J connectivity index is 1.72. The zero-order valence-corrected chi connectivity index (χ0v) is 18.6. The first-order chi connectivity index (χ1) is 13.5. The summed E-state index contributed by atoms with van der Waals surface area (Å²) in [4.78, 5) is 16.9. The predicted molar refractivity (Wildman–Crippen MR) is 118 cm³/mol. The van der Waals surface area contributed by atoms with Gasteiger partial charge >= 0.3 is 0 Å². The normalized spacial score (nSPS) is 10.7. The smallest absolute Gasteiger partial charge is 0.250 e.